The molecule has 0 aliphatic rings. The molecule has 0 bridgehead atoms. The number of hydrogen-bond acceptors (Lipinski definition) is 6. The minimum Gasteiger partial charge on any atom is -0.462 e. The van der Waals surface area contributed by atoms with Gasteiger partial charge in [0.25, 0.3) is 0 Å². The first-order chi connectivity index (χ1) is 40.5. The second kappa shape index (κ2) is 67.8. The van der Waals surface area contributed by atoms with Crippen molar-refractivity contribution >= 4 is 17.9 Å². The fraction of sp³-hybridized carbons (Fsp3) is 0.539. The number of ether oxygens (including phenoxy) is 3. The molecule has 0 radical (unpaired) electrons. The van der Waals surface area contributed by atoms with Crippen LogP contribution in [0.1, 0.15) is 245 Å². The number of allylic oxidation sites excluding steroid dienone is 32. The summed E-state index contributed by atoms with van der Waals surface area (Å²) in [6, 6.07) is 0. The average molecular weight is 1130 g/mol. The monoisotopic (exact) mass is 1120 g/mol. The lowest BCUT2D eigenvalue weighted by atomic mass is 10.1. The molecule has 82 heavy (non-hydrogen) atoms. The van der Waals surface area contributed by atoms with E-state index < -0.39 is 12.1 Å². The van der Waals surface area contributed by atoms with Crippen molar-refractivity contribution in [3.05, 3.63) is 194 Å². The van der Waals surface area contributed by atoms with Crippen LogP contribution in [0, 0.1) is 0 Å². The van der Waals surface area contributed by atoms with E-state index in [4.69, 9.17) is 14.2 Å². The second-order valence-corrected chi connectivity index (χ2v) is 20.5. The molecule has 0 aromatic heterocycles. The predicted octanol–water partition coefficient (Wildman–Crippen LogP) is 22.6. The zero-order valence-corrected chi connectivity index (χ0v) is 52.2. The third-order valence-electron chi connectivity index (χ3n) is 12.8. The van der Waals surface area contributed by atoms with Crippen LogP contribution in [-0.2, 0) is 28.6 Å². The molecule has 0 spiro atoms. The van der Waals surface area contributed by atoms with Crippen LogP contribution in [-0.4, -0.2) is 37.2 Å². The lowest BCUT2D eigenvalue weighted by Gasteiger charge is -2.18. The van der Waals surface area contributed by atoms with Crippen LogP contribution in [0.25, 0.3) is 0 Å². The Hall–Kier alpha value is -5.75. The molecule has 6 nitrogen and oxygen atoms in total. The number of carbonyl (C=O) groups is 3. The van der Waals surface area contributed by atoms with E-state index in [2.05, 4.69) is 203 Å². The summed E-state index contributed by atoms with van der Waals surface area (Å²) in [5.74, 6) is -1.08. The molecule has 0 aromatic rings. The minimum absolute atomic E-state index is 0.137. The van der Waals surface area contributed by atoms with Crippen molar-refractivity contribution in [1.82, 2.24) is 0 Å². The maximum atomic E-state index is 12.9. The standard InChI is InChI=1S/C76H116O6/c1-4-7-10-13-16-19-22-25-28-31-34-35-36-37-38-39-40-41-43-45-48-51-54-57-60-63-66-69-75(78)81-72-73(71-80-74(77)68-65-62-59-56-53-50-47-44-33-30-27-24-21-18-15-12-9-6-3)82-76(79)70-67-64-61-58-55-52-49-46-42-32-29-26-23-20-17-14-11-8-5-2/h7-8,10-11,16-17,19-21,24-26,28-30,33-35,37-38,40-42,45-46,48,52,54-55,57,61,64,73H,4-6,9,12-15,18,22-23,27,31-32,36,39,43-44,47,49-51,53,56,58-60,62-63,65-72H2,1-3H3/b10-7-,11-8-,19-16-,20-17-,24-21-,28-25-,29-26-,33-30-,35-34-,38-37-,41-40-,46-42-,48-45-,55-52-,57-54-,64-61-. The Morgan fingerprint density at radius 3 is 0.817 bits per heavy atom. The highest BCUT2D eigenvalue weighted by molar-refractivity contribution is 5.71. The molecule has 0 saturated heterocycles. The summed E-state index contributed by atoms with van der Waals surface area (Å²) in [6.07, 6.45) is 103. The number of hydrogen-bond donors (Lipinski definition) is 0. The lowest BCUT2D eigenvalue weighted by molar-refractivity contribution is -0.166. The molecule has 6 heteroatoms. The molecule has 0 heterocycles. The van der Waals surface area contributed by atoms with Crippen LogP contribution in [0.5, 0.6) is 0 Å². The first kappa shape index (κ1) is 76.2. The molecule has 0 aliphatic carbocycles. The lowest BCUT2D eigenvalue weighted by Crippen LogP contribution is -2.30. The highest BCUT2D eigenvalue weighted by Gasteiger charge is 2.19. The Morgan fingerprint density at radius 1 is 0.256 bits per heavy atom. The number of esters is 3. The highest BCUT2D eigenvalue weighted by Crippen LogP contribution is 2.13. The number of rotatable bonds is 56. The summed E-state index contributed by atoms with van der Waals surface area (Å²) in [4.78, 5) is 38.3. The van der Waals surface area contributed by atoms with Crippen molar-refractivity contribution in [3.63, 3.8) is 0 Å². The van der Waals surface area contributed by atoms with Crippen molar-refractivity contribution in [3.8, 4) is 0 Å². The fourth-order valence-electron chi connectivity index (χ4n) is 8.04. The molecule has 0 aliphatic heterocycles. The van der Waals surface area contributed by atoms with Gasteiger partial charge in [-0.2, -0.15) is 0 Å². The summed E-state index contributed by atoms with van der Waals surface area (Å²) in [6.45, 7) is 6.28. The Kier molecular flexibility index (Phi) is 63.0. The predicted molar refractivity (Wildman–Crippen MR) is 357 cm³/mol. The summed E-state index contributed by atoms with van der Waals surface area (Å²) in [5.41, 5.74) is 0. The van der Waals surface area contributed by atoms with Gasteiger partial charge in [-0.3, -0.25) is 14.4 Å². The maximum absolute atomic E-state index is 12.9. The van der Waals surface area contributed by atoms with Crippen LogP contribution in [0.4, 0.5) is 0 Å². The van der Waals surface area contributed by atoms with Crippen LogP contribution in [0.2, 0.25) is 0 Å². The van der Waals surface area contributed by atoms with E-state index in [9.17, 15) is 14.4 Å². The van der Waals surface area contributed by atoms with Crippen molar-refractivity contribution in [2.24, 2.45) is 0 Å². The van der Waals surface area contributed by atoms with E-state index in [1.54, 1.807) is 0 Å². The van der Waals surface area contributed by atoms with Crippen molar-refractivity contribution in [2.45, 2.75) is 252 Å². The maximum Gasteiger partial charge on any atom is 0.306 e. The van der Waals surface area contributed by atoms with Gasteiger partial charge in [0.2, 0.25) is 0 Å². The zero-order chi connectivity index (χ0) is 59.2. The Labute approximate surface area is 503 Å². The average Bonchev–Trinajstić information content (AvgIpc) is 3.47. The van der Waals surface area contributed by atoms with Gasteiger partial charge in [0, 0.05) is 19.3 Å². The van der Waals surface area contributed by atoms with Gasteiger partial charge in [-0.05, 0) is 154 Å². The van der Waals surface area contributed by atoms with E-state index in [1.807, 2.05) is 12.2 Å². The first-order valence-corrected chi connectivity index (χ1v) is 32.4. The van der Waals surface area contributed by atoms with Crippen LogP contribution in [0.3, 0.4) is 0 Å². The SMILES string of the molecule is CC/C=C\C/C=C\C/C=C\C/C=C\C/C=C\C/C=C\C/C=C\C/C=C\CCCCC(=O)OCC(COC(=O)CCCCCCCCC/C=C\C/C=C\CCCCCC)OC(=O)CC/C=C\C/C=C\C/C=C\C/C=C\C/C=C\C/C=C\CC. The molecule has 0 N–H and O–H groups in total. The number of carbonyl (C=O) groups excluding carboxylic acids is 3. The summed E-state index contributed by atoms with van der Waals surface area (Å²) in [5, 5.41) is 0. The van der Waals surface area contributed by atoms with Gasteiger partial charge in [-0.25, -0.2) is 0 Å². The molecule has 0 saturated carbocycles. The Morgan fingerprint density at radius 2 is 0.500 bits per heavy atom. The van der Waals surface area contributed by atoms with Crippen LogP contribution >= 0.6 is 0 Å². The van der Waals surface area contributed by atoms with Gasteiger partial charge >= 0.3 is 17.9 Å². The molecule has 1 atom stereocenters. The molecule has 456 valence electrons. The van der Waals surface area contributed by atoms with E-state index in [1.165, 1.54) is 57.8 Å². The van der Waals surface area contributed by atoms with Crippen molar-refractivity contribution < 1.29 is 28.6 Å². The van der Waals surface area contributed by atoms with E-state index in [-0.39, 0.29) is 38.0 Å². The van der Waals surface area contributed by atoms with E-state index in [0.29, 0.717) is 19.3 Å². The normalized spacial score (nSPS) is 13.5. The summed E-state index contributed by atoms with van der Waals surface area (Å²) < 4.78 is 16.8. The Balaban J connectivity index is 4.61. The van der Waals surface area contributed by atoms with Crippen molar-refractivity contribution in [1.29, 1.82) is 0 Å². The molecule has 1 unspecified atom stereocenters. The van der Waals surface area contributed by atoms with Gasteiger partial charge in [0.05, 0.1) is 0 Å². The molecular formula is C76H116O6. The first-order valence-electron chi connectivity index (χ1n) is 32.4. The topological polar surface area (TPSA) is 78.9 Å². The van der Waals surface area contributed by atoms with E-state index in [0.717, 1.165) is 135 Å². The fourth-order valence-corrected chi connectivity index (χ4v) is 8.04. The summed E-state index contributed by atoms with van der Waals surface area (Å²) >= 11 is 0. The quantitative estimate of drug-likeness (QED) is 0.0261. The van der Waals surface area contributed by atoms with Gasteiger partial charge in [0.1, 0.15) is 13.2 Å². The molecule has 0 rings (SSSR count). The van der Waals surface area contributed by atoms with Gasteiger partial charge in [-0.1, -0.05) is 267 Å². The second-order valence-electron chi connectivity index (χ2n) is 20.5. The highest BCUT2D eigenvalue weighted by atomic mass is 16.6. The smallest absolute Gasteiger partial charge is 0.306 e. The molecule has 0 amide bonds. The number of unbranched alkanes of at least 4 members (excludes halogenated alkanes) is 13. The van der Waals surface area contributed by atoms with Crippen LogP contribution < -0.4 is 0 Å². The van der Waals surface area contributed by atoms with Gasteiger partial charge in [-0.15, -0.1) is 0 Å². The molecule has 0 fully saturated rings. The molecular weight excluding hydrogens is 1010 g/mol. The molecule has 0 aromatic carbocycles. The van der Waals surface area contributed by atoms with Gasteiger partial charge in [0.15, 0.2) is 6.10 Å². The third-order valence-corrected chi connectivity index (χ3v) is 12.8. The largest absolute Gasteiger partial charge is 0.462 e. The zero-order valence-electron chi connectivity index (χ0n) is 52.2. The third kappa shape index (κ3) is 65.1. The summed E-state index contributed by atoms with van der Waals surface area (Å²) in [7, 11) is 0. The van der Waals surface area contributed by atoms with E-state index >= 15 is 0 Å². The van der Waals surface area contributed by atoms with Gasteiger partial charge < -0.3 is 14.2 Å². The van der Waals surface area contributed by atoms with Crippen LogP contribution in [0.15, 0.2) is 194 Å². The minimum atomic E-state index is -0.854. The Bertz CT molecular complexity index is 1970. The van der Waals surface area contributed by atoms with Crippen molar-refractivity contribution in [2.75, 3.05) is 13.2 Å².